The third kappa shape index (κ3) is 5.05. The molecule has 0 amide bonds. The first kappa shape index (κ1) is 20.7. The lowest BCUT2D eigenvalue weighted by molar-refractivity contribution is -0.163. The van der Waals surface area contributed by atoms with Gasteiger partial charge in [-0.05, 0) is 19.3 Å². The van der Waals surface area contributed by atoms with Gasteiger partial charge in [0.05, 0.1) is 24.4 Å². The Balaban J connectivity index is 0.000000231. The number of rotatable bonds is 2. The van der Waals surface area contributed by atoms with Crippen molar-refractivity contribution in [2.24, 2.45) is 11.8 Å². The van der Waals surface area contributed by atoms with Crippen molar-refractivity contribution in [3.05, 3.63) is 0 Å². The molecule has 2 saturated carbocycles. The molecule has 2 rings (SSSR count). The van der Waals surface area contributed by atoms with Gasteiger partial charge in [-0.3, -0.25) is 0 Å². The molecule has 0 aromatic rings. The molecule has 2 aliphatic rings. The predicted octanol–water partition coefficient (Wildman–Crippen LogP) is -4.09. The zero-order valence-electron chi connectivity index (χ0n) is 12.8. The first-order valence-electron chi connectivity index (χ1n) is 7.72. The van der Waals surface area contributed by atoms with Crippen molar-refractivity contribution in [3.63, 3.8) is 0 Å². The van der Waals surface area contributed by atoms with Gasteiger partial charge in [-0.15, -0.1) is 0 Å². The number of aliphatic hydroxyl groups is 9. The second-order valence-corrected chi connectivity index (χ2v) is 6.29. The van der Waals surface area contributed by atoms with E-state index in [-0.39, 0.29) is 25.6 Å². The van der Waals surface area contributed by atoms with Crippen LogP contribution in [0.2, 0.25) is 0 Å². The Morgan fingerprint density at radius 2 is 1.00 bits per heavy atom. The van der Waals surface area contributed by atoms with Gasteiger partial charge < -0.3 is 46.0 Å². The van der Waals surface area contributed by atoms with Crippen molar-refractivity contribution >= 4 is 0 Å². The SMILES string of the molecule is OCC1CC(O)C(O)C(O)C1O.OCC1CCC(O)C(O)C1O. The predicted molar refractivity (Wildman–Crippen MR) is 77.1 cm³/mol. The molecule has 0 aromatic heterocycles. The summed E-state index contributed by atoms with van der Waals surface area (Å²) in [5.41, 5.74) is 0. The highest BCUT2D eigenvalue weighted by atomic mass is 16.4. The molecule has 9 heteroatoms. The molecule has 0 spiro atoms. The maximum Gasteiger partial charge on any atom is 0.109 e. The topological polar surface area (TPSA) is 182 Å². The second kappa shape index (κ2) is 9.21. The molecule has 0 bridgehead atoms. The lowest BCUT2D eigenvalue weighted by atomic mass is 9.81. The Morgan fingerprint density at radius 3 is 1.52 bits per heavy atom. The normalized spacial score (nSPS) is 47.6. The zero-order valence-corrected chi connectivity index (χ0v) is 12.8. The summed E-state index contributed by atoms with van der Waals surface area (Å²) in [4.78, 5) is 0. The highest BCUT2D eigenvalue weighted by Gasteiger charge is 2.41. The van der Waals surface area contributed by atoms with Crippen LogP contribution in [0.3, 0.4) is 0 Å². The largest absolute Gasteiger partial charge is 0.396 e. The van der Waals surface area contributed by atoms with Gasteiger partial charge in [-0.2, -0.15) is 0 Å². The van der Waals surface area contributed by atoms with Gasteiger partial charge in [0.15, 0.2) is 0 Å². The number of hydrogen-bond donors (Lipinski definition) is 9. The molecule has 2 fully saturated rings. The van der Waals surface area contributed by atoms with E-state index in [0.29, 0.717) is 12.8 Å². The van der Waals surface area contributed by atoms with Crippen LogP contribution in [0, 0.1) is 11.8 Å². The van der Waals surface area contributed by atoms with Gasteiger partial charge in [-0.25, -0.2) is 0 Å². The molecule has 138 valence electrons. The Kier molecular flexibility index (Phi) is 8.28. The molecule has 0 aliphatic heterocycles. The van der Waals surface area contributed by atoms with E-state index >= 15 is 0 Å². The smallest absolute Gasteiger partial charge is 0.109 e. The van der Waals surface area contributed by atoms with Gasteiger partial charge in [0.2, 0.25) is 0 Å². The molecule has 0 heterocycles. The summed E-state index contributed by atoms with van der Waals surface area (Å²) < 4.78 is 0. The van der Waals surface area contributed by atoms with Crippen molar-refractivity contribution in [2.45, 2.75) is 62.0 Å². The summed E-state index contributed by atoms with van der Waals surface area (Å²) in [7, 11) is 0. The fraction of sp³-hybridized carbons (Fsp3) is 1.00. The molecule has 9 N–H and O–H groups in total. The van der Waals surface area contributed by atoms with Crippen LogP contribution >= 0.6 is 0 Å². The van der Waals surface area contributed by atoms with Crippen LogP contribution in [-0.2, 0) is 0 Å². The van der Waals surface area contributed by atoms with E-state index in [1.54, 1.807) is 0 Å². The van der Waals surface area contributed by atoms with Gasteiger partial charge in [0.25, 0.3) is 0 Å². The molecule has 9 unspecified atom stereocenters. The van der Waals surface area contributed by atoms with Crippen molar-refractivity contribution in [2.75, 3.05) is 13.2 Å². The van der Waals surface area contributed by atoms with E-state index in [2.05, 4.69) is 0 Å². The molecule has 0 aromatic carbocycles. The third-order valence-corrected chi connectivity index (χ3v) is 4.65. The van der Waals surface area contributed by atoms with Crippen LogP contribution < -0.4 is 0 Å². The molecule has 0 saturated heterocycles. The van der Waals surface area contributed by atoms with Crippen molar-refractivity contribution in [1.82, 2.24) is 0 Å². The molecule has 9 nitrogen and oxygen atoms in total. The lowest BCUT2D eigenvalue weighted by Crippen LogP contribution is -2.54. The minimum Gasteiger partial charge on any atom is -0.396 e. The summed E-state index contributed by atoms with van der Waals surface area (Å²) in [5.74, 6) is -0.841. The van der Waals surface area contributed by atoms with Crippen molar-refractivity contribution in [1.29, 1.82) is 0 Å². The lowest BCUT2D eigenvalue weighted by Gasteiger charge is -2.37. The summed E-state index contributed by atoms with van der Waals surface area (Å²) >= 11 is 0. The third-order valence-electron chi connectivity index (χ3n) is 4.65. The summed E-state index contributed by atoms with van der Waals surface area (Å²) in [6.45, 7) is -0.438. The van der Waals surface area contributed by atoms with Crippen LogP contribution in [0.4, 0.5) is 0 Å². The fourth-order valence-electron chi connectivity index (χ4n) is 2.91. The van der Waals surface area contributed by atoms with E-state index < -0.39 is 48.6 Å². The Bertz CT molecular complexity index is 335. The molecule has 2 aliphatic carbocycles. The van der Waals surface area contributed by atoms with E-state index in [0.717, 1.165) is 0 Å². The average Bonchev–Trinajstić information content (AvgIpc) is 2.55. The molecular formula is C14H28O9. The minimum atomic E-state index is -1.37. The van der Waals surface area contributed by atoms with E-state index in [1.807, 2.05) is 0 Å². The molecule has 9 atom stereocenters. The Morgan fingerprint density at radius 1 is 0.522 bits per heavy atom. The van der Waals surface area contributed by atoms with Gasteiger partial charge in [0.1, 0.15) is 18.3 Å². The molecule has 0 radical (unpaired) electrons. The number of hydrogen-bond acceptors (Lipinski definition) is 9. The summed E-state index contributed by atoms with van der Waals surface area (Å²) in [5, 5.41) is 81.5. The summed E-state index contributed by atoms with van der Waals surface area (Å²) in [6.07, 6.45) is -6.71. The van der Waals surface area contributed by atoms with Crippen molar-refractivity contribution in [3.8, 4) is 0 Å². The molecule has 23 heavy (non-hydrogen) atoms. The highest BCUT2D eigenvalue weighted by Crippen LogP contribution is 2.25. The second-order valence-electron chi connectivity index (χ2n) is 6.29. The Labute approximate surface area is 134 Å². The summed E-state index contributed by atoms with van der Waals surface area (Å²) in [6, 6.07) is 0. The van der Waals surface area contributed by atoms with Crippen LogP contribution in [0.5, 0.6) is 0 Å². The number of aliphatic hydroxyl groups excluding tert-OH is 9. The highest BCUT2D eigenvalue weighted by molar-refractivity contribution is 4.92. The van der Waals surface area contributed by atoms with E-state index in [4.69, 9.17) is 35.7 Å². The average molecular weight is 340 g/mol. The minimum absolute atomic E-state index is 0.107. The monoisotopic (exact) mass is 340 g/mol. The maximum absolute atomic E-state index is 9.24. The van der Waals surface area contributed by atoms with Crippen LogP contribution in [0.1, 0.15) is 19.3 Å². The van der Waals surface area contributed by atoms with Crippen LogP contribution in [-0.4, -0.2) is 102 Å². The Hall–Kier alpha value is -0.360. The van der Waals surface area contributed by atoms with Gasteiger partial charge >= 0.3 is 0 Å². The van der Waals surface area contributed by atoms with Gasteiger partial charge in [0, 0.05) is 25.0 Å². The maximum atomic E-state index is 9.24. The van der Waals surface area contributed by atoms with Crippen molar-refractivity contribution < 1.29 is 46.0 Å². The zero-order chi connectivity index (χ0) is 17.7. The fourth-order valence-corrected chi connectivity index (χ4v) is 2.91. The van der Waals surface area contributed by atoms with Crippen LogP contribution in [0.25, 0.3) is 0 Å². The quantitative estimate of drug-likeness (QED) is 0.241. The standard InChI is InChI=1S/C7H14O5.C7H14O4/c8-2-3-1-4(9)6(11)7(12)5(3)10;8-3-4-1-2-5(9)7(11)6(4)10/h3-12H,1-2H2;4-11H,1-3H2. The van der Waals surface area contributed by atoms with Gasteiger partial charge in [-0.1, -0.05) is 0 Å². The first-order chi connectivity index (χ1) is 10.7. The van der Waals surface area contributed by atoms with Crippen LogP contribution in [0.15, 0.2) is 0 Å². The molecular weight excluding hydrogens is 312 g/mol. The van der Waals surface area contributed by atoms with E-state index in [9.17, 15) is 10.2 Å². The first-order valence-corrected chi connectivity index (χ1v) is 7.72. The van der Waals surface area contributed by atoms with E-state index in [1.165, 1.54) is 0 Å².